The molecule has 0 bridgehead atoms. The van der Waals surface area contributed by atoms with Crippen molar-refractivity contribution in [1.29, 1.82) is 0 Å². The van der Waals surface area contributed by atoms with Crippen molar-refractivity contribution in [1.82, 2.24) is 0 Å². The lowest BCUT2D eigenvalue weighted by atomic mass is 10.1. The van der Waals surface area contributed by atoms with Gasteiger partial charge in [0, 0.05) is 12.6 Å². The zero-order valence-corrected chi connectivity index (χ0v) is 7.66. The summed E-state index contributed by atoms with van der Waals surface area (Å²) < 4.78 is 5.21. The molecule has 0 aliphatic carbocycles. The van der Waals surface area contributed by atoms with E-state index in [1.165, 1.54) is 5.54 Å². The Bertz CT molecular complexity index is 243. The van der Waals surface area contributed by atoms with Gasteiger partial charge in [0.25, 0.3) is 0 Å². The molecule has 0 aromatic heterocycles. The Morgan fingerprint density at radius 1 is 1.33 bits per heavy atom. The average molecular weight is 183 g/mol. The van der Waals surface area contributed by atoms with Gasteiger partial charge < -0.3 is 4.74 Å². The van der Waals surface area contributed by atoms with Gasteiger partial charge in [0.2, 0.25) is 0 Å². The molecule has 12 heavy (non-hydrogen) atoms. The van der Waals surface area contributed by atoms with Gasteiger partial charge in [0.1, 0.15) is 6.10 Å². The van der Waals surface area contributed by atoms with Gasteiger partial charge in [0.05, 0.1) is 0 Å². The van der Waals surface area contributed by atoms with E-state index < -0.39 is 0 Å². The number of methoxy groups -OCH3 is 1. The highest BCUT2D eigenvalue weighted by Crippen LogP contribution is 2.17. The van der Waals surface area contributed by atoms with E-state index in [4.69, 9.17) is 16.3 Å². The molecule has 1 atom stereocenters. The fraction of sp³-hybridized carbons (Fsp3) is 0.200. The first-order valence-electron chi connectivity index (χ1n) is 3.73. The van der Waals surface area contributed by atoms with Crippen molar-refractivity contribution >= 4 is 11.6 Å². The number of benzene rings is 1. The number of halogens is 1. The van der Waals surface area contributed by atoms with Crippen LogP contribution in [-0.2, 0) is 4.74 Å². The first-order chi connectivity index (χ1) is 5.88. The van der Waals surface area contributed by atoms with Crippen molar-refractivity contribution < 1.29 is 4.74 Å². The molecule has 0 heterocycles. The van der Waals surface area contributed by atoms with E-state index >= 15 is 0 Å². The van der Waals surface area contributed by atoms with E-state index in [0.717, 1.165) is 5.56 Å². The Labute approximate surface area is 77.6 Å². The molecule has 0 saturated heterocycles. The molecule has 0 radical (unpaired) electrons. The smallest absolute Gasteiger partial charge is 0.101 e. The lowest BCUT2D eigenvalue weighted by Crippen LogP contribution is -1.96. The summed E-state index contributed by atoms with van der Waals surface area (Å²) in [5.74, 6) is 0. The summed E-state index contributed by atoms with van der Waals surface area (Å²) in [6.07, 6.45) is 1.76. The minimum absolute atomic E-state index is 0.0382. The van der Waals surface area contributed by atoms with Crippen molar-refractivity contribution in [3.8, 4) is 0 Å². The zero-order valence-electron chi connectivity index (χ0n) is 6.91. The highest BCUT2D eigenvalue weighted by Gasteiger charge is 2.03. The highest BCUT2D eigenvalue weighted by molar-refractivity contribution is 6.25. The molecule has 64 valence electrons. The van der Waals surface area contributed by atoms with Crippen LogP contribution in [-0.4, -0.2) is 7.11 Å². The fourth-order valence-electron chi connectivity index (χ4n) is 1.03. The Morgan fingerprint density at radius 3 is 2.50 bits per heavy atom. The molecule has 0 saturated carbocycles. The summed E-state index contributed by atoms with van der Waals surface area (Å²) in [6, 6.07) is 9.93. The number of hydrogen-bond acceptors (Lipinski definition) is 1. The molecule has 1 nitrogen and oxygen atoms in total. The standard InChI is InChI=1S/C10H11ClO/c1-12-10(7-8-11)9-5-3-2-4-6-9/h2-8,10H,1H3/b8-7-. The molecule has 0 aliphatic rings. The van der Waals surface area contributed by atoms with Gasteiger partial charge in [-0.25, -0.2) is 0 Å². The van der Waals surface area contributed by atoms with Crippen LogP contribution in [0.25, 0.3) is 0 Å². The van der Waals surface area contributed by atoms with Gasteiger partial charge in [-0.3, -0.25) is 0 Å². The monoisotopic (exact) mass is 182 g/mol. The predicted octanol–water partition coefficient (Wildman–Crippen LogP) is 3.13. The van der Waals surface area contributed by atoms with Crippen LogP contribution in [0.15, 0.2) is 41.9 Å². The maximum Gasteiger partial charge on any atom is 0.101 e. The molecule has 1 aromatic rings. The molecule has 1 unspecified atom stereocenters. The molecule has 1 rings (SSSR count). The average Bonchev–Trinajstić information content (AvgIpc) is 2.15. The molecule has 0 fully saturated rings. The third-order valence-corrected chi connectivity index (χ3v) is 1.78. The van der Waals surface area contributed by atoms with E-state index in [2.05, 4.69) is 0 Å². The predicted molar refractivity (Wildman–Crippen MR) is 51.2 cm³/mol. The van der Waals surface area contributed by atoms with Crippen LogP contribution >= 0.6 is 11.6 Å². The van der Waals surface area contributed by atoms with Crippen LogP contribution in [0.5, 0.6) is 0 Å². The summed E-state index contributed by atoms with van der Waals surface area (Å²) in [4.78, 5) is 0. The lowest BCUT2D eigenvalue weighted by Gasteiger charge is -2.09. The molecular formula is C10H11ClO. The second-order valence-electron chi connectivity index (χ2n) is 2.39. The van der Waals surface area contributed by atoms with Gasteiger partial charge in [-0.2, -0.15) is 0 Å². The topological polar surface area (TPSA) is 9.23 Å². The molecule has 0 N–H and O–H groups in total. The molecule has 0 spiro atoms. The van der Waals surface area contributed by atoms with Crippen LogP contribution in [0.1, 0.15) is 11.7 Å². The van der Waals surface area contributed by atoms with Gasteiger partial charge in [0.15, 0.2) is 0 Å². The second kappa shape index (κ2) is 4.96. The molecular weight excluding hydrogens is 172 g/mol. The van der Waals surface area contributed by atoms with Gasteiger partial charge in [-0.1, -0.05) is 41.9 Å². The van der Waals surface area contributed by atoms with E-state index in [-0.39, 0.29) is 6.10 Å². The Balaban J connectivity index is 2.80. The van der Waals surface area contributed by atoms with Gasteiger partial charge in [-0.15, -0.1) is 0 Å². The lowest BCUT2D eigenvalue weighted by molar-refractivity contribution is 0.143. The summed E-state index contributed by atoms with van der Waals surface area (Å²) in [6.45, 7) is 0. The van der Waals surface area contributed by atoms with Crippen LogP contribution < -0.4 is 0 Å². The van der Waals surface area contributed by atoms with Crippen LogP contribution in [0.2, 0.25) is 0 Å². The van der Waals surface area contributed by atoms with E-state index in [1.54, 1.807) is 13.2 Å². The fourth-order valence-corrected chi connectivity index (χ4v) is 1.17. The first kappa shape index (κ1) is 9.30. The van der Waals surface area contributed by atoms with E-state index in [0.29, 0.717) is 0 Å². The quantitative estimate of drug-likeness (QED) is 0.698. The van der Waals surface area contributed by atoms with E-state index in [9.17, 15) is 0 Å². The van der Waals surface area contributed by atoms with E-state index in [1.807, 2.05) is 30.3 Å². The maximum absolute atomic E-state index is 5.46. The number of hydrogen-bond donors (Lipinski definition) is 0. The third-order valence-electron chi connectivity index (χ3n) is 1.63. The Kier molecular flexibility index (Phi) is 3.85. The Hall–Kier alpha value is -0.790. The SMILES string of the molecule is COC(/C=C\Cl)c1ccccc1. The summed E-state index contributed by atoms with van der Waals surface area (Å²) in [5.41, 5.74) is 2.58. The zero-order chi connectivity index (χ0) is 8.81. The molecule has 0 amide bonds. The van der Waals surface area contributed by atoms with Gasteiger partial charge >= 0.3 is 0 Å². The van der Waals surface area contributed by atoms with Crippen molar-refractivity contribution in [3.05, 3.63) is 47.5 Å². The van der Waals surface area contributed by atoms with Crippen LogP contribution in [0.4, 0.5) is 0 Å². The first-order valence-corrected chi connectivity index (χ1v) is 4.16. The van der Waals surface area contributed by atoms with Crippen LogP contribution in [0, 0.1) is 0 Å². The van der Waals surface area contributed by atoms with Crippen molar-refractivity contribution in [3.63, 3.8) is 0 Å². The molecule has 1 aromatic carbocycles. The van der Waals surface area contributed by atoms with Crippen LogP contribution in [0.3, 0.4) is 0 Å². The largest absolute Gasteiger partial charge is 0.373 e. The normalized spacial score (nSPS) is 13.5. The van der Waals surface area contributed by atoms with Crippen molar-refractivity contribution in [2.75, 3.05) is 7.11 Å². The number of rotatable bonds is 3. The maximum atomic E-state index is 5.46. The minimum Gasteiger partial charge on any atom is -0.373 e. The second-order valence-corrected chi connectivity index (χ2v) is 2.64. The number of ether oxygens (including phenoxy) is 1. The summed E-state index contributed by atoms with van der Waals surface area (Å²) in [5, 5.41) is 0. The summed E-state index contributed by atoms with van der Waals surface area (Å²) in [7, 11) is 1.66. The van der Waals surface area contributed by atoms with Crippen molar-refractivity contribution in [2.24, 2.45) is 0 Å². The third kappa shape index (κ3) is 2.36. The Morgan fingerprint density at radius 2 is 2.00 bits per heavy atom. The highest BCUT2D eigenvalue weighted by atomic mass is 35.5. The summed E-state index contributed by atoms with van der Waals surface area (Å²) >= 11 is 5.46. The van der Waals surface area contributed by atoms with Gasteiger partial charge in [-0.05, 0) is 11.6 Å². The molecule has 0 aliphatic heterocycles. The minimum atomic E-state index is -0.0382. The van der Waals surface area contributed by atoms with Crippen molar-refractivity contribution in [2.45, 2.75) is 6.10 Å². The molecule has 2 heteroatoms.